The SMILES string of the molecule is Oc1c(Br)cccc1CNc1cc(F)c(Br)cc1F. The van der Waals surface area contributed by atoms with Crippen LogP contribution in [0.3, 0.4) is 0 Å². The summed E-state index contributed by atoms with van der Waals surface area (Å²) in [5, 5.41) is 12.5. The Labute approximate surface area is 125 Å². The molecule has 2 nitrogen and oxygen atoms in total. The number of nitrogens with one attached hydrogen (secondary N) is 1. The number of halogens is 4. The second-order valence-electron chi connectivity index (χ2n) is 3.85. The van der Waals surface area contributed by atoms with E-state index in [0.717, 1.165) is 12.1 Å². The fraction of sp³-hybridized carbons (Fsp3) is 0.0769. The largest absolute Gasteiger partial charge is 0.506 e. The minimum atomic E-state index is -0.567. The van der Waals surface area contributed by atoms with Gasteiger partial charge < -0.3 is 10.4 Å². The van der Waals surface area contributed by atoms with E-state index in [1.54, 1.807) is 18.2 Å². The molecule has 0 atom stereocenters. The van der Waals surface area contributed by atoms with Crippen LogP contribution in [0.25, 0.3) is 0 Å². The minimum Gasteiger partial charge on any atom is -0.506 e. The van der Waals surface area contributed by atoms with E-state index in [1.165, 1.54) is 0 Å². The molecule has 100 valence electrons. The monoisotopic (exact) mass is 391 g/mol. The van der Waals surface area contributed by atoms with Gasteiger partial charge in [0.1, 0.15) is 17.4 Å². The van der Waals surface area contributed by atoms with Gasteiger partial charge in [-0.3, -0.25) is 0 Å². The molecule has 2 aromatic rings. The van der Waals surface area contributed by atoms with E-state index in [2.05, 4.69) is 37.2 Å². The number of para-hydroxylation sites is 1. The average molecular weight is 393 g/mol. The molecule has 19 heavy (non-hydrogen) atoms. The van der Waals surface area contributed by atoms with Crippen LogP contribution in [0.5, 0.6) is 5.75 Å². The Bertz CT molecular complexity index is 620. The van der Waals surface area contributed by atoms with Crippen molar-refractivity contribution >= 4 is 37.5 Å². The first kappa shape index (κ1) is 14.3. The molecule has 0 amide bonds. The summed E-state index contributed by atoms with van der Waals surface area (Å²) in [5.74, 6) is -1.04. The maximum Gasteiger partial charge on any atom is 0.147 e. The molecule has 2 N–H and O–H groups in total. The van der Waals surface area contributed by atoms with Crippen molar-refractivity contribution in [2.75, 3.05) is 5.32 Å². The Morgan fingerprint density at radius 1 is 1.05 bits per heavy atom. The highest BCUT2D eigenvalue weighted by Crippen LogP contribution is 2.29. The van der Waals surface area contributed by atoms with Gasteiger partial charge in [-0.15, -0.1) is 0 Å². The molecule has 0 fully saturated rings. The predicted molar refractivity (Wildman–Crippen MR) is 77.2 cm³/mol. The molecule has 2 rings (SSSR count). The van der Waals surface area contributed by atoms with Gasteiger partial charge in [0, 0.05) is 18.2 Å². The zero-order valence-electron chi connectivity index (χ0n) is 9.55. The summed E-state index contributed by atoms with van der Waals surface area (Å²) in [6, 6.07) is 7.26. The van der Waals surface area contributed by atoms with Crippen molar-refractivity contribution in [2.45, 2.75) is 6.54 Å². The van der Waals surface area contributed by atoms with E-state index in [4.69, 9.17) is 0 Å². The average Bonchev–Trinajstić information content (AvgIpc) is 2.37. The lowest BCUT2D eigenvalue weighted by molar-refractivity contribution is 0.465. The maximum absolute atomic E-state index is 13.6. The lowest BCUT2D eigenvalue weighted by Crippen LogP contribution is -2.02. The molecule has 0 aliphatic rings. The van der Waals surface area contributed by atoms with Gasteiger partial charge >= 0.3 is 0 Å². The van der Waals surface area contributed by atoms with E-state index < -0.39 is 11.6 Å². The third kappa shape index (κ3) is 3.25. The lowest BCUT2D eigenvalue weighted by atomic mass is 10.2. The second kappa shape index (κ2) is 5.88. The van der Waals surface area contributed by atoms with Crippen LogP contribution in [0.4, 0.5) is 14.5 Å². The third-order valence-electron chi connectivity index (χ3n) is 2.55. The number of aromatic hydroxyl groups is 1. The topological polar surface area (TPSA) is 32.3 Å². The van der Waals surface area contributed by atoms with Crippen LogP contribution in [0.2, 0.25) is 0 Å². The number of hydrogen-bond donors (Lipinski definition) is 2. The van der Waals surface area contributed by atoms with Crippen LogP contribution in [0.15, 0.2) is 39.3 Å². The summed E-state index contributed by atoms with van der Waals surface area (Å²) in [6.45, 7) is 0.184. The predicted octanol–water partition coefficient (Wildman–Crippen LogP) is 4.81. The van der Waals surface area contributed by atoms with Gasteiger partial charge in [0.2, 0.25) is 0 Å². The van der Waals surface area contributed by atoms with E-state index in [9.17, 15) is 13.9 Å². The van der Waals surface area contributed by atoms with Crippen molar-refractivity contribution in [1.82, 2.24) is 0 Å². The third-order valence-corrected chi connectivity index (χ3v) is 3.80. The molecule has 0 aromatic heterocycles. The lowest BCUT2D eigenvalue weighted by Gasteiger charge is -2.10. The number of anilines is 1. The summed E-state index contributed by atoms with van der Waals surface area (Å²) >= 11 is 6.10. The molecule has 0 aliphatic carbocycles. The van der Waals surface area contributed by atoms with E-state index in [1.807, 2.05) is 0 Å². The van der Waals surface area contributed by atoms with E-state index in [0.29, 0.717) is 10.0 Å². The minimum absolute atomic E-state index is 0.0417. The first-order valence-electron chi connectivity index (χ1n) is 5.34. The van der Waals surface area contributed by atoms with Gasteiger partial charge in [-0.05, 0) is 44.0 Å². The molecule has 0 saturated heterocycles. The molecule has 0 bridgehead atoms. The number of benzene rings is 2. The summed E-state index contributed by atoms with van der Waals surface area (Å²) in [4.78, 5) is 0. The number of phenols is 1. The number of rotatable bonds is 3. The van der Waals surface area contributed by atoms with Crippen LogP contribution in [0.1, 0.15) is 5.56 Å². The van der Waals surface area contributed by atoms with Gasteiger partial charge in [-0.25, -0.2) is 8.78 Å². The Morgan fingerprint density at radius 3 is 2.53 bits per heavy atom. The smallest absolute Gasteiger partial charge is 0.147 e. The van der Waals surface area contributed by atoms with Crippen molar-refractivity contribution in [3.05, 3.63) is 56.5 Å². The summed E-state index contributed by atoms with van der Waals surface area (Å²) in [6.07, 6.45) is 0. The van der Waals surface area contributed by atoms with Crippen molar-refractivity contribution in [3.63, 3.8) is 0 Å². The van der Waals surface area contributed by atoms with Gasteiger partial charge in [0.15, 0.2) is 0 Å². The molecule has 0 radical (unpaired) electrons. The van der Waals surface area contributed by atoms with Gasteiger partial charge in [0.25, 0.3) is 0 Å². The molecule has 2 aromatic carbocycles. The van der Waals surface area contributed by atoms with Crippen LogP contribution >= 0.6 is 31.9 Å². The molecule has 6 heteroatoms. The van der Waals surface area contributed by atoms with Crippen molar-refractivity contribution in [2.24, 2.45) is 0 Å². The second-order valence-corrected chi connectivity index (χ2v) is 5.56. The van der Waals surface area contributed by atoms with E-state index >= 15 is 0 Å². The molecular formula is C13H9Br2F2NO. The zero-order valence-corrected chi connectivity index (χ0v) is 12.7. The Kier molecular flexibility index (Phi) is 4.42. The zero-order chi connectivity index (χ0) is 14.0. The molecule has 0 saturated carbocycles. The van der Waals surface area contributed by atoms with Crippen LogP contribution in [-0.4, -0.2) is 5.11 Å². The van der Waals surface area contributed by atoms with Gasteiger partial charge in [0.05, 0.1) is 14.6 Å². The summed E-state index contributed by atoms with van der Waals surface area (Å²) in [5.41, 5.74) is 0.622. The molecular weight excluding hydrogens is 384 g/mol. The Balaban J connectivity index is 2.19. The van der Waals surface area contributed by atoms with Crippen molar-refractivity contribution in [1.29, 1.82) is 0 Å². The van der Waals surface area contributed by atoms with Gasteiger partial charge in [-0.1, -0.05) is 12.1 Å². The number of phenolic OH excluding ortho intramolecular Hbond substituents is 1. The summed E-state index contributed by atoms with van der Waals surface area (Å²) < 4.78 is 27.5. The fourth-order valence-corrected chi connectivity index (χ4v) is 2.27. The number of hydrogen-bond acceptors (Lipinski definition) is 2. The Hall–Kier alpha value is -1.14. The van der Waals surface area contributed by atoms with Gasteiger partial charge in [-0.2, -0.15) is 0 Å². The van der Waals surface area contributed by atoms with E-state index in [-0.39, 0.29) is 22.5 Å². The molecule has 0 unspecified atom stereocenters. The van der Waals surface area contributed by atoms with Crippen molar-refractivity contribution < 1.29 is 13.9 Å². The van der Waals surface area contributed by atoms with Crippen LogP contribution < -0.4 is 5.32 Å². The molecule has 0 heterocycles. The highest BCUT2D eigenvalue weighted by Gasteiger charge is 2.09. The van der Waals surface area contributed by atoms with Crippen LogP contribution in [0, 0.1) is 11.6 Å². The van der Waals surface area contributed by atoms with Crippen molar-refractivity contribution in [3.8, 4) is 5.75 Å². The quantitative estimate of drug-likeness (QED) is 0.735. The molecule has 0 aliphatic heterocycles. The first-order valence-corrected chi connectivity index (χ1v) is 6.92. The molecule has 0 spiro atoms. The fourth-order valence-electron chi connectivity index (χ4n) is 1.55. The standard InChI is InChI=1S/C13H9Br2F2NO/c14-8-3-1-2-7(13(8)19)6-18-12-5-10(16)9(15)4-11(12)17/h1-5,18-19H,6H2. The normalized spacial score (nSPS) is 10.5. The highest BCUT2D eigenvalue weighted by molar-refractivity contribution is 9.10. The Morgan fingerprint density at radius 2 is 1.79 bits per heavy atom. The summed E-state index contributed by atoms with van der Waals surface area (Å²) in [7, 11) is 0. The maximum atomic E-state index is 13.6. The first-order chi connectivity index (χ1) is 8.99. The highest BCUT2D eigenvalue weighted by atomic mass is 79.9. The van der Waals surface area contributed by atoms with Crippen LogP contribution in [-0.2, 0) is 6.54 Å².